The number of aromatic nitrogens is 2. The fourth-order valence-electron chi connectivity index (χ4n) is 2.99. The minimum Gasteiger partial charge on any atom is -0.321 e. The molecule has 0 radical (unpaired) electrons. The van der Waals surface area contributed by atoms with Crippen LogP contribution in [-0.2, 0) is 6.42 Å². The highest BCUT2D eigenvalue weighted by atomic mass is 16.2. The first-order chi connectivity index (χ1) is 12.0. The van der Waals surface area contributed by atoms with Crippen LogP contribution in [0.4, 0.5) is 5.69 Å². The van der Waals surface area contributed by atoms with Gasteiger partial charge in [-0.2, -0.15) is 0 Å². The van der Waals surface area contributed by atoms with Gasteiger partial charge in [0.1, 0.15) is 11.3 Å². The van der Waals surface area contributed by atoms with E-state index in [2.05, 4.69) is 43.2 Å². The van der Waals surface area contributed by atoms with Crippen LogP contribution in [0, 0.1) is 6.92 Å². The van der Waals surface area contributed by atoms with Crippen molar-refractivity contribution < 1.29 is 4.79 Å². The van der Waals surface area contributed by atoms with Crippen molar-refractivity contribution in [3.8, 4) is 0 Å². The first-order valence-corrected chi connectivity index (χ1v) is 8.88. The fraction of sp³-hybridized carbons (Fsp3) is 0.333. The normalized spacial score (nSPS) is 11.2. The van der Waals surface area contributed by atoms with Crippen molar-refractivity contribution in [2.24, 2.45) is 0 Å². The third-order valence-electron chi connectivity index (χ3n) is 4.38. The van der Waals surface area contributed by atoms with Crippen molar-refractivity contribution in [1.82, 2.24) is 9.38 Å². The second-order valence-corrected chi connectivity index (χ2v) is 6.82. The van der Waals surface area contributed by atoms with Crippen LogP contribution in [-0.4, -0.2) is 15.3 Å². The monoisotopic (exact) mass is 335 g/mol. The molecule has 1 N–H and O–H groups in total. The van der Waals surface area contributed by atoms with E-state index in [1.807, 2.05) is 41.8 Å². The zero-order valence-electron chi connectivity index (χ0n) is 15.3. The average molecular weight is 335 g/mol. The molecular weight excluding hydrogens is 310 g/mol. The lowest BCUT2D eigenvalue weighted by atomic mass is 10.0. The third kappa shape index (κ3) is 3.58. The van der Waals surface area contributed by atoms with Crippen molar-refractivity contribution in [2.45, 2.75) is 46.5 Å². The highest BCUT2D eigenvalue weighted by molar-refractivity contribution is 6.04. The Bertz CT molecular complexity index is 891. The van der Waals surface area contributed by atoms with Crippen LogP contribution in [0.5, 0.6) is 0 Å². The number of carbonyl (C=O) groups excluding carboxylic acids is 1. The Labute approximate surface area is 148 Å². The van der Waals surface area contributed by atoms with Gasteiger partial charge < -0.3 is 5.32 Å². The molecule has 0 bridgehead atoms. The van der Waals surface area contributed by atoms with E-state index >= 15 is 0 Å². The molecule has 130 valence electrons. The van der Waals surface area contributed by atoms with Crippen LogP contribution in [0.15, 0.2) is 42.6 Å². The molecule has 4 nitrogen and oxygen atoms in total. The molecular formula is C21H25N3O. The number of anilines is 1. The topological polar surface area (TPSA) is 46.4 Å². The molecule has 2 aromatic heterocycles. The Morgan fingerprint density at radius 3 is 2.52 bits per heavy atom. The molecule has 1 amide bonds. The Kier molecular flexibility index (Phi) is 4.88. The van der Waals surface area contributed by atoms with Gasteiger partial charge in [0.25, 0.3) is 5.91 Å². The second-order valence-electron chi connectivity index (χ2n) is 6.82. The maximum atomic E-state index is 12.9. The number of pyridine rings is 1. The zero-order chi connectivity index (χ0) is 18.0. The smallest absolute Gasteiger partial charge is 0.274 e. The molecule has 0 unspecified atom stereocenters. The molecule has 0 atom stereocenters. The lowest BCUT2D eigenvalue weighted by Gasteiger charge is -2.09. The van der Waals surface area contributed by atoms with Gasteiger partial charge in [0, 0.05) is 11.9 Å². The summed E-state index contributed by atoms with van der Waals surface area (Å²) >= 11 is 0. The summed E-state index contributed by atoms with van der Waals surface area (Å²) < 4.78 is 1.90. The summed E-state index contributed by atoms with van der Waals surface area (Å²) in [6.45, 7) is 8.43. The van der Waals surface area contributed by atoms with Gasteiger partial charge in [-0.25, -0.2) is 4.98 Å². The Morgan fingerprint density at radius 2 is 1.88 bits per heavy atom. The van der Waals surface area contributed by atoms with Crippen LogP contribution in [0.3, 0.4) is 0 Å². The van der Waals surface area contributed by atoms with Crippen molar-refractivity contribution in [2.75, 3.05) is 5.32 Å². The number of nitrogens with one attached hydrogen (secondary N) is 1. The predicted octanol–water partition coefficient (Wildman–Crippen LogP) is 4.97. The van der Waals surface area contributed by atoms with E-state index in [9.17, 15) is 4.79 Å². The highest BCUT2D eigenvalue weighted by Gasteiger charge is 2.19. The van der Waals surface area contributed by atoms with E-state index < -0.39 is 0 Å². The molecule has 0 spiro atoms. The standard InChI is InChI=1S/C21H25N3O/c1-5-6-18-20(24-13-15(4)7-12-19(24)23-18)21(25)22-17-10-8-16(9-11-17)14(2)3/h7-14H,5-6H2,1-4H3,(H,22,25). The van der Waals surface area contributed by atoms with Gasteiger partial charge >= 0.3 is 0 Å². The zero-order valence-corrected chi connectivity index (χ0v) is 15.3. The van der Waals surface area contributed by atoms with Gasteiger partial charge in [0.2, 0.25) is 0 Å². The summed E-state index contributed by atoms with van der Waals surface area (Å²) in [4.78, 5) is 17.6. The van der Waals surface area contributed by atoms with Crippen molar-refractivity contribution in [3.63, 3.8) is 0 Å². The lowest BCUT2D eigenvalue weighted by Crippen LogP contribution is -2.16. The van der Waals surface area contributed by atoms with Gasteiger partial charge in [0.15, 0.2) is 0 Å². The maximum absolute atomic E-state index is 12.9. The Balaban J connectivity index is 1.95. The first-order valence-electron chi connectivity index (χ1n) is 8.88. The summed E-state index contributed by atoms with van der Waals surface area (Å²) in [6, 6.07) is 12.0. The average Bonchev–Trinajstić information content (AvgIpc) is 2.93. The second kappa shape index (κ2) is 7.09. The van der Waals surface area contributed by atoms with Crippen molar-refractivity contribution >= 4 is 17.2 Å². The summed E-state index contributed by atoms with van der Waals surface area (Å²) in [5.74, 6) is 0.363. The highest BCUT2D eigenvalue weighted by Crippen LogP contribution is 2.20. The number of aryl methyl sites for hydroxylation is 2. The van der Waals surface area contributed by atoms with Gasteiger partial charge in [-0.3, -0.25) is 9.20 Å². The van der Waals surface area contributed by atoms with Crippen LogP contribution < -0.4 is 5.32 Å². The third-order valence-corrected chi connectivity index (χ3v) is 4.38. The van der Waals surface area contributed by atoms with Crippen LogP contribution in [0.1, 0.15) is 60.4 Å². The molecule has 0 saturated heterocycles. The van der Waals surface area contributed by atoms with E-state index in [0.29, 0.717) is 11.6 Å². The van der Waals surface area contributed by atoms with Gasteiger partial charge in [-0.1, -0.05) is 45.4 Å². The number of benzene rings is 1. The Hall–Kier alpha value is -2.62. The molecule has 2 heterocycles. The number of amides is 1. The largest absolute Gasteiger partial charge is 0.321 e. The summed E-state index contributed by atoms with van der Waals surface area (Å²) in [5, 5.41) is 3.02. The molecule has 1 aromatic carbocycles. The van der Waals surface area contributed by atoms with Gasteiger partial charge in [-0.15, -0.1) is 0 Å². The fourth-order valence-corrected chi connectivity index (χ4v) is 2.99. The van der Waals surface area contributed by atoms with E-state index in [-0.39, 0.29) is 5.91 Å². The number of rotatable bonds is 5. The van der Waals surface area contributed by atoms with Crippen molar-refractivity contribution in [3.05, 3.63) is 65.1 Å². The lowest BCUT2D eigenvalue weighted by molar-refractivity contribution is 0.102. The van der Waals surface area contributed by atoms with Gasteiger partial charge in [0.05, 0.1) is 5.69 Å². The summed E-state index contributed by atoms with van der Waals surface area (Å²) in [6.07, 6.45) is 3.71. The minimum atomic E-state index is -0.112. The number of imidazole rings is 1. The SMILES string of the molecule is CCCc1nc2ccc(C)cn2c1C(=O)Nc1ccc(C(C)C)cc1. The molecule has 0 fully saturated rings. The van der Waals surface area contributed by atoms with Crippen LogP contribution in [0.25, 0.3) is 5.65 Å². The van der Waals surface area contributed by atoms with E-state index in [1.54, 1.807) is 0 Å². The molecule has 0 aliphatic carbocycles. The number of nitrogens with zero attached hydrogens (tertiary/aromatic N) is 2. The number of hydrogen-bond acceptors (Lipinski definition) is 2. The predicted molar refractivity (Wildman–Crippen MR) is 102 cm³/mol. The van der Waals surface area contributed by atoms with E-state index in [1.165, 1.54) is 5.56 Å². The van der Waals surface area contributed by atoms with Crippen LogP contribution in [0.2, 0.25) is 0 Å². The molecule has 0 aliphatic rings. The first kappa shape index (κ1) is 17.2. The molecule has 0 aliphatic heterocycles. The molecule has 4 heteroatoms. The minimum absolute atomic E-state index is 0.112. The molecule has 0 saturated carbocycles. The molecule has 3 aromatic rings. The quantitative estimate of drug-likeness (QED) is 0.715. The van der Waals surface area contributed by atoms with Gasteiger partial charge in [-0.05, 0) is 48.6 Å². The van der Waals surface area contributed by atoms with Crippen molar-refractivity contribution in [1.29, 1.82) is 0 Å². The maximum Gasteiger partial charge on any atom is 0.274 e. The van der Waals surface area contributed by atoms with E-state index in [0.717, 1.165) is 35.4 Å². The number of hydrogen-bond donors (Lipinski definition) is 1. The Morgan fingerprint density at radius 1 is 1.16 bits per heavy atom. The summed E-state index contributed by atoms with van der Waals surface area (Å²) in [7, 11) is 0. The van der Waals surface area contributed by atoms with E-state index in [4.69, 9.17) is 0 Å². The number of carbonyl (C=O) groups is 1. The number of fused-ring (bicyclic) bond motifs is 1. The van der Waals surface area contributed by atoms with Crippen LogP contribution >= 0.6 is 0 Å². The summed E-state index contributed by atoms with van der Waals surface area (Å²) in [5.41, 5.74) is 5.46. The molecule has 3 rings (SSSR count). The molecule has 25 heavy (non-hydrogen) atoms.